The van der Waals surface area contributed by atoms with Crippen LogP contribution in [0.4, 0.5) is 4.39 Å². The first kappa shape index (κ1) is 20.9. The van der Waals surface area contributed by atoms with Crippen molar-refractivity contribution >= 4 is 5.97 Å². The molecule has 1 fully saturated rings. The summed E-state index contributed by atoms with van der Waals surface area (Å²) in [7, 11) is 3.03. The topological polar surface area (TPSA) is 91.2 Å². The van der Waals surface area contributed by atoms with Crippen LogP contribution in [0.15, 0.2) is 48.8 Å². The molecule has 162 valence electrons. The summed E-state index contributed by atoms with van der Waals surface area (Å²) in [4.78, 5) is 12.4. The van der Waals surface area contributed by atoms with Gasteiger partial charge >= 0.3 is 5.97 Å². The van der Waals surface area contributed by atoms with Gasteiger partial charge in [-0.3, -0.25) is 4.79 Å². The lowest BCUT2D eigenvalue weighted by molar-refractivity contribution is -0.145. The van der Waals surface area contributed by atoms with Crippen LogP contribution in [0.25, 0.3) is 5.69 Å². The van der Waals surface area contributed by atoms with Crippen LogP contribution in [0.5, 0.6) is 5.75 Å². The number of tetrazole rings is 1. The lowest BCUT2D eigenvalue weighted by Crippen LogP contribution is -2.34. The molecule has 1 aliphatic rings. The predicted octanol–water partition coefficient (Wildman–Crippen LogP) is 2.63. The zero-order valence-electron chi connectivity index (χ0n) is 17.4. The fraction of sp³-hybridized carbons (Fsp3) is 0.364. The van der Waals surface area contributed by atoms with Gasteiger partial charge in [-0.2, -0.15) is 0 Å². The second kappa shape index (κ2) is 9.22. The van der Waals surface area contributed by atoms with Gasteiger partial charge in [0.05, 0.1) is 25.8 Å². The average Bonchev–Trinajstić information content (AvgIpc) is 3.48. The van der Waals surface area contributed by atoms with Gasteiger partial charge in [-0.15, -0.1) is 5.10 Å². The Bertz CT molecular complexity index is 1030. The number of aromatic nitrogens is 4. The van der Waals surface area contributed by atoms with Crippen molar-refractivity contribution in [3.05, 3.63) is 65.7 Å². The smallest absolute Gasteiger partial charge is 0.309 e. The van der Waals surface area contributed by atoms with E-state index in [-0.39, 0.29) is 29.7 Å². The largest absolute Gasteiger partial charge is 0.496 e. The molecule has 0 spiro atoms. The Morgan fingerprint density at radius 3 is 2.68 bits per heavy atom. The lowest BCUT2D eigenvalue weighted by Gasteiger charge is -2.25. The molecule has 1 N–H and O–H groups in total. The van der Waals surface area contributed by atoms with Crippen molar-refractivity contribution < 1.29 is 18.7 Å². The van der Waals surface area contributed by atoms with Gasteiger partial charge in [0.15, 0.2) is 0 Å². The highest BCUT2D eigenvalue weighted by Crippen LogP contribution is 2.41. The van der Waals surface area contributed by atoms with E-state index in [1.54, 1.807) is 23.9 Å². The number of nitrogens with zero attached hydrogens (tertiary/aromatic N) is 4. The summed E-state index contributed by atoms with van der Waals surface area (Å²) in [5.41, 5.74) is 2.67. The van der Waals surface area contributed by atoms with E-state index >= 15 is 0 Å². The van der Waals surface area contributed by atoms with E-state index in [9.17, 15) is 9.18 Å². The summed E-state index contributed by atoms with van der Waals surface area (Å²) < 4.78 is 25.6. The molecule has 1 saturated carbocycles. The summed E-state index contributed by atoms with van der Waals surface area (Å²) in [6.07, 6.45) is 3.03. The van der Waals surface area contributed by atoms with Gasteiger partial charge in [0, 0.05) is 24.1 Å². The van der Waals surface area contributed by atoms with Crippen LogP contribution in [-0.4, -0.2) is 46.4 Å². The van der Waals surface area contributed by atoms with E-state index in [1.807, 2.05) is 18.2 Å². The number of methoxy groups -OCH3 is 2. The number of benzene rings is 2. The van der Waals surface area contributed by atoms with Crippen LogP contribution >= 0.6 is 0 Å². The average molecular weight is 425 g/mol. The van der Waals surface area contributed by atoms with Crippen molar-refractivity contribution in [3.8, 4) is 11.4 Å². The van der Waals surface area contributed by atoms with E-state index in [1.165, 1.54) is 25.6 Å². The number of esters is 1. The number of ether oxygens (including phenoxy) is 2. The Hall–Kier alpha value is -3.33. The molecular formula is C22H24FN5O3. The van der Waals surface area contributed by atoms with Gasteiger partial charge in [0.25, 0.3) is 0 Å². The Labute approximate surface area is 179 Å². The fourth-order valence-electron chi connectivity index (χ4n) is 4.36. The molecule has 1 heterocycles. The van der Waals surface area contributed by atoms with E-state index < -0.39 is 0 Å². The second-order valence-corrected chi connectivity index (χ2v) is 7.52. The van der Waals surface area contributed by atoms with E-state index in [0.29, 0.717) is 13.0 Å². The Morgan fingerprint density at radius 2 is 2.00 bits per heavy atom. The molecule has 1 aromatic heterocycles. The van der Waals surface area contributed by atoms with Crippen molar-refractivity contribution in [3.63, 3.8) is 0 Å². The molecule has 3 atom stereocenters. The second-order valence-electron chi connectivity index (χ2n) is 7.52. The number of rotatable bonds is 7. The first-order valence-electron chi connectivity index (χ1n) is 10.1. The number of hydrogen-bond acceptors (Lipinski definition) is 7. The van der Waals surface area contributed by atoms with Crippen molar-refractivity contribution in [1.29, 1.82) is 0 Å². The van der Waals surface area contributed by atoms with Gasteiger partial charge in [-0.1, -0.05) is 12.1 Å². The molecule has 0 aliphatic heterocycles. The molecule has 1 aliphatic carbocycles. The summed E-state index contributed by atoms with van der Waals surface area (Å²) >= 11 is 0. The van der Waals surface area contributed by atoms with Gasteiger partial charge in [-0.25, -0.2) is 9.07 Å². The first-order valence-corrected chi connectivity index (χ1v) is 10.1. The zero-order valence-corrected chi connectivity index (χ0v) is 17.4. The molecule has 0 saturated heterocycles. The molecule has 8 nitrogen and oxygen atoms in total. The standard InChI is InChI=1S/C22H24FN5O3/c1-30-20-10-7-17(28-13-25-26-27-28)11-15(20)12-24-19-9-8-18(22(29)31-2)21(19)14-3-5-16(23)6-4-14/h3-7,10-11,13,18-19,21,24H,8-9,12H2,1-2H3/t18-,19-,21+/m0/s1. The van der Waals surface area contributed by atoms with Gasteiger partial charge in [0.1, 0.15) is 17.9 Å². The SMILES string of the molecule is COC(=O)[C@H]1CC[C@H](NCc2cc(-n3cnnn3)ccc2OC)[C@@H]1c1ccc(F)cc1. The number of hydrogen-bond donors (Lipinski definition) is 1. The van der Waals surface area contributed by atoms with Crippen LogP contribution < -0.4 is 10.1 Å². The van der Waals surface area contributed by atoms with Gasteiger partial charge < -0.3 is 14.8 Å². The first-order chi connectivity index (χ1) is 15.1. The normalized spacial score (nSPS) is 20.5. The van der Waals surface area contributed by atoms with E-state index in [2.05, 4.69) is 20.8 Å². The molecule has 9 heteroatoms. The Balaban J connectivity index is 1.57. The van der Waals surface area contributed by atoms with Crippen LogP contribution in [0, 0.1) is 11.7 Å². The molecule has 2 aromatic carbocycles. The number of carbonyl (C=O) groups is 1. The summed E-state index contributed by atoms with van der Waals surface area (Å²) in [6, 6.07) is 12.1. The van der Waals surface area contributed by atoms with Crippen molar-refractivity contribution in [1.82, 2.24) is 25.5 Å². The molecule has 0 radical (unpaired) electrons. The van der Waals surface area contributed by atoms with E-state index in [0.717, 1.165) is 29.0 Å². The minimum atomic E-state index is -0.301. The minimum Gasteiger partial charge on any atom is -0.496 e. The zero-order chi connectivity index (χ0) is 21.8. The minimum absolute atomic E-state index is 0.0240. The van der Waals surface area contributed by atoms with Crippen molar-refractivity contribution in [2.24, 2.45) is 5.92 Å². The lowest BCUT2D eigenvalue weighted by atomic mass is 9.86. The number of nitrogens with one attached hydrogen (secondary N) is 1. The molecule has 0 amide bonds. The highest BCUT2D eigenvalue weighted by Gasteiger charge is 2.41. The molecule has 0 unspecified atom stereocenters. The highest BCUT2D eigenvalue weighted by molar-refractivity contribution is 5.74. The number of halogens is 1. The maximum absolute atomic E-state index is 13.5. The molecule has 0 bridgehead atoms. The van der Waals surface area contributed by atoms with Crippen LogP contribution in [-0.2, 0) is 16.1 Å². The van der Waals surface area contributed by atoms with Crippen LogP contribution in [0.3, 0.4) is 0 Å². The highest BCUT2D eigenvalue weighted by atomic mass is 19.1. The maximum Gasteiger partial charge on any atom is 0.309 e. The summed E-state index contributed by atoms with van der Waals surface area (Å²) in [5.74, 6) is -0.184. The molecular weight excluding hydrogens is 401 g/mol. The van der Waals surface area contributed by atoms with E-state index in [4.69, 9.17) is 9.47 Å². The third kappa shape index (κ3) is 4.41. The maximum atomic E-state index is 13.5. The third-order valence-corrected chi connectivity index (χ3v) is 5.85. The van der Waals surface area contributed by atoms with Crippen LogP contribution in [0.2, 0.25) is 0 Å². The Kier molecular flexibility index (Phi) is 6.22. The summed E-state index contributed by atoms with van der Waals surface area (Å²) in [5, 5.41) is 14.9. The quantitative estimate of drug-likeness (QED) is 0.582. The fourth-order valence-corrected chi connectivity index (χ4v) is 4.36. The molecule has 31 heavy (non-hydrogen) atoms. The number of carbonyl (C=O) groups excluding carboxylic acids is 1. The van der Waals surface area contributed by atoms with Gasteiger partial charge in [-0.05, 0) is 59.2 Å². The van der Waals surface area contributed by atoms with Crippen LogP contribution in [0.1, 0.15) is 29.9 Å². The monoisotopic (exact) mass is 425 g/mol. The van der Waals surface area contributed by atoms with Crippen molar-refractivity contribution in [2.45, 2.75) is 31.3 Å². The molecule has 3 aromatic rings. The molecule has 4 rings (SSSR count). The van der Waals surface area contributed by atoms with Crippen molar-refractivity contribution in [2.75, 3.05) is 14.2 Å². The van der Waals surface area contributed by atoms with Gasteiger partial charge in [0.2, 0.25) is 0 Å². The third-order valence-electron chi connectivity index (χ3n) is 5.85. The Morgan fingerprint density at radius 1 is 1.19 bits per heavy atom. The predicted molar refractivity (Wildman–Crippen MR) is 110 cm³/mol. The summed E-state index contributed by atoms with van der Waals surface area (Å²) in [6.45, 7) is 0.523.